The third kappa shape index (κ3) is 3.93. The Morgan fingerprint density at radius 1 is 1.38 bits per heavy atom. The summed E-state index contributed by atoms with van der Waals surface area (Å²) in [5.74, 6) is -1.61. The molecule has 116 valence electrons. The van der Waals surface area contributed by atoms with E-state index in [0.29, 0.717) is 0 Å². The van der Waals surface area contributed by atoms with Gasteiger partial charge in [0.05, 0.1) is 15.6 Å². The number of likely N-dealkylation sites (N-methyl/N-ethyl adjacent to an activating group) is 1. The highest BCUT2D eigenvalue weighted by molar-refractivity contribution is 7.89. The summed E-state index contributed by atoms with van der Waals surface area (Å²) in [6.45, 7) is 2.55. The number of hydrogen-bond donors (Lipinski definition) is 2. The third-order valence-electron chi connectivity index (χ3n) is 2.83. The molecule has 0 spiro atoms. The minimum Gasteiger partial charge on any atom is -0.480 e. The maximum Gasteiger partial charge on any atom is 0.321 e. The third-order valence-corrected chi connectivity index (χ3v) is 5.07. The molecule has 0 radical (unpaired) electrons. The topological polar surface area (TPSA) is 104 Å². The molecule has 0 heterocycles. The monoisotopic (exact) mass is 334 g/mol. The number of benzene rings is 1. The summed E-state index contributed by atoms with van der Waals surface area (Å²) in [6, 6.07) is 2.53. The number of aliphatic carboxylic acids is 1. The molecule has 0 saturated carbocycles. The Bertz CT molecular complexity index is 674. The quantitative estimate of drug-likeness (QED) is 0.846. The van der Waals surface area contributed by atoms with E-state index in [1.54, 1.807) is 0 Å². The van der Waals surface area contributed by atoms with Crippen LogP contribution in [0.2, 0.25) is 5.02 Å². The van der Waals surface area contributed by atoms with Crippen LogP contribution in [0.1, 0.15) is 13.8 Å². The Morgan fingerprint density at radius 3 is 2.38 bits per heavy atom. The van der Waals surface area contributed by atoms with Crippen molar-refractivity contribution in [2.45, 2.75) is 24.8 Å². The van der Waals surface area contributed by atoms with Gasteiger partial charge in [-0.2, -0.15) is 4.31 Å². The van der Waals surface area contributed by atoms with E-state index >= 15 is 0 Å². The van der Waals surface area contributed by atoms with Gasteiger partial charge in [0.1, 0.15) is 6.04 Å². The van der Waals surface area contributed by atoms with E-state index in [1.165, 1.54) is 33.0 Å². The summed E-state index contributed by atoms with van der Waals surface area (Å²) < 4.78 is 25.3. The van der Waals surface area contributed by atoms with E-state index < -0.39 is 22.0 Å². The van der Waals surface area contributed by atoms with Crippen LogP contribution in [0.15, 0.2) is 23.1 Å². The van der Waals surface area contributed by atoms with E-state index in [-0.39, 0.29) is 21.5 Å². The molecular formula is C12H15ClN2O5S. The second-order valence-electron chi connectivity index (χ2n) is 4.36. The fourth-order valence-electron chi connectivity index (χ4n) is 1.48. The lowest BCUT2D eigenvalue weighted by Gasteiger charge is -2.21. The molecule has 7 nitrogen and oxygen atoms in total. The number of carbonyl (C=O) groups is 2. The average molecular weight is 335 g/mol. The molecule has 0 aliphatic heterocycles. The van der Waals surface area contributed by atoms with Crippen molar-refractivity contribution in [1.29, 1.82) is 0 Å². The smallest absolute Gasteiger partial charge is 0.321 e. The summed E-state index contributed by atoms with van der Waals surface area (Å²) >= 11 is 5.91. The van der Waals surface area contributed by atoms with Crippen molar-refractivity contribution < 1.29 is 23.1 Å². The average Bonchev–Trinajstić information content (AvgIpc) is 2.38. The van der Waals surface area contributed by atoms with Gasteiger partial charge in [-0.1, -0.05) is 11.6 Å². The van der Waals surface area contributed by atoms with Crippen molar-refractivity contribution in [3.8, 4) is 0 Å². The van der Waals surface area contributed by atoms with Crippen molar-refractivity contribution in [2.75, 3.05) is 12.4 Å². The standard InChI is InChI=1S/C12H15ClN2O5S/c1-7(12(17)18)15(3)21(19,20)9-4-5-11(10(13)6-9)14-8(2)16/h4-7H,1-3H3,(H,14,16)(H,17,18). The first-order valence-electron chi connectivity index (χ1n) is 5.85. The van der Waals surface area contributed by atoms with Gasteiger partial charge in [-0.15, -0.1) is 0 Å². The van der Waals surface area contributed by atoms with Crippen LogP contribution in [0, 0.1) is 0 Å². The number of nitrogens with one attached hydrogen (secondary N) is 1. The lowest BCUT2D eigenvalue weighted by molar-refractivity contribution is -0.140. The van der Waals surface area contributed by atoms with Crippen LogP contribution in [-0.2, 0) is 19.6 Å². The second-order valence-corrected chi connectivity index (χ2v) is 6.76. The molecule has 2 N–H and O–H groups in total. The molecule has 1 amide bonds. The largest absolute Gasteiger partial charge is 0.480 e. The van der Waals surface area contributed by atoms with Gasteiger partial charge in [0.2, 0.25) is 15.9 Å². The van der Waals surface area contributed by atoms with Crippen LogP contribution in [0.25, 0.3) is 0 Å². The molecule has 0 aromatic heterocycles. The fourth-order valence-corrected chi connectivity index (χ4v) is 3.12. The van der Waals surface area contributed by atoms with Gasteiger partial charge in [-0.25, -0.2) is 8.42 Å². The van der Waals surface area contributed by atoms with Gasteiger partial charge in [0, 0.05) is 14.0 Å². The first-order valence-corrected chi connectivity index (χ1v) is 7.67. The molecule has 0 aliphatic carbocycles. The van der Waals surface area contributed by atoms with Crippen molar-refractivity contribution in [3.63, 3.8) is 0 Å². The predicted octanol–water partition coefficient (Wildman–Crippen LogP) is 1.39. The van der Waals surface area contributed by atoms with Crippen LogP contribution in [0.3, 0.4) is 0 Å². The molecule has 1 unspecified atom stereocenters. The number of anilines is 1. The molecule has 1 aromatic carbocycles. The van der Waals surface area contributed by atoms with Crippen LogP contribution < -0.4 is 5.32 Å². The number of sulfonamides is 1. The minimum absolute atomic E-state index is 0.0441. The first kappa shape index (κ1) is 17.4. The van der Waals surface area contributed by atoms with Gasteiger partial charge in [0.15, 0.2) is 0 Å². The lowest BCUT2D eigenvalue weighted by Crippen LogP contribution is -2.40. The van der Waals surface area contributed by atoms with E-state index in [2.05, 4.69) is 5.32 Å². The van der Waals surface area contributed by atoms with Crippen LogP contribution in [0.5, 0.6) is 0 Å². The molecule has 1 aromatic rings. The normalized spacial score (nSPS) is 13.0. The summed E-state index contributed by atoms with van der Waals surface area (Å²) in [5.41, 5.74) is 0.275. The van der Waals surface area contributed by atoms with Gasteiger partial charge in [0.25, 0.3) is 0 Å². The number of nitrogens with zero attached hydrogens (tertiary/aromatic N) is 1. The van der Waals surface area contributed by atoms with Gasteiger partial charge < -0.3 is 10.4 Å². The van der Waals surface area contributed by atoms with E-state index in [1.807, 2.05) is 0 Å². The van der Waals surface area contributed by atoms with Gasteiger partial charge >= 0.3 is 5.97 Å². The predicted molar refractivity (Wildman–Crippen MR) is 77.8 cm³/mol. The molecule has 1 rings (SSSR count). The van der Waals surface area contributed by atoms with E-state index in [4.69, 9.17) is 16.7 Å². The van der Waals surface area contributed by atoms with Crippen molar-refractivity contribution >= 4 is 39.2 Å². The number of halogens is 1. The van der Waals surface area contributed by atoms with Crippen LogP contribution >= 0.6 is 11.6 Å². The Balaban J connectivity index is 3.18. The zero-order chi connectivity index (χ0) is 16.4. The molecule has 0 saturated heterocycles. The molecule has 0 fully saturated rings. The Morgan fingerprint density at radius 2 is 1.95 bits per heavy atom. The van der Waals surface area contributed by atoms with Crippen LogP contribution in [-0.4, -0.2) is 42.8 Å². The van der Waals surface area contributed by atoms with Crippen molar-refractivity contribution in [1.82, 2.24) is 4.31 Å². The number of hydrogen-bond acceptors (Lipinski definition) is 4. The van der Waals surface area contributed by atoms with Crippen molar-refractivity contribution in [2.24, 2.45) is 0 Å². The van der Waals surface area contributed by atoms with Gasteiger partial charge in [-0.05, 0) is 25.1 Å². The maximum absolute atomic E-state index is 12.3. The van der Waals surface area contributed by atoms with Gasteiger partial charge in [-0.3, -0.25) is 9.59 Å². The molecule has 0 aliphatic rings. The van der Waals surface area contributed by atoms with Crippen LogP contribution in [0.4, 0.5) is 5.69 Å². The summed E-state index contributed by atoms with van der Waals surface area (Å²) in [4.78, 5) is 21.7. The minimum atomic E-state index is -4.00. The van der Waals surface area contributed by atoms with E-state index in [0.717, 1.165) is 10.4 Å². The molecule has 21 heavy (non-hydrogen) atoms. The zero-order valence-electron chi connectivity index (χ0n) is 11.6. The highest BCUT2D eigenvalue weighted by Gasteiger charge is 2.29. The number of carboxylic acid groups (broad SMARTS) is 1. The maximum atomic E-state index is 12.3. The first-order chi connectivity index (χ1) is 9.57. The molecule has 1 atom stereocenters. The molecule has 0 bridgehead atoms. The molecule has 9 heteroatoms. The SMILES string of the molecule is CC(=O)Nc1ccc(S(=O)(=O)N(C)C(C)C(=O)O)cc1Cl. The number of carbonyl (C=O) groups excluding carboxylic acids is 1. The molecular weight excluding hydrogens is 320 g/mol. The Hall–Kier alpha value is -1.64. The Kier molecular flexibility index (Phi) is 5.32. The van der Waals surface area contributed by atoms with Crippen molar-refractivity contribution in [3.05, 3.63) is 23.2 Å². The summed E-state index contributed by atoms with van der Waals surface area (Å²) in [6.07, 6.45) is 0. The zero-order valence-corrected chi connectivity index (χ0v) is 13.2. The second kappa shape index (κ2) is 6.42. The highest BCUT2D eigenvalue weighted by Crippen LogP contribution is 2.27. The summed E-state index contributed by atoms with van der Waals surface area (Å²) in [5, 5.41) is 11.4. The summed E-state index contributed by atoms with van der Waals surface area (Å²) in [7, 11) is -2.83. The number of rotatable bonds is 5. The lowest BCUT2D eigenvalue weighted by atomic mass is 10.3. The highest BCUT2D eigenvalue weighted by atomic mass is 35.5. The fraction of sp³-hybridized carbons (Fsp3) is 0.333. The number of amides is 1. The van der Waals surface area contributed by atoms with E-state index in [9.17, 15) is 18.0 Å². The Labute approximate surface area is 127 Å². The number of carboxylic acids is 1.